The lowest BCUT2D eigenvalue weighted by Gasteiger charge is -2.11. The Morgan fingerprint density at radius 3 is 2.77 bits per heavy atom. The van der Waals surface area contributed by atoms with Crippen molar-refractivity contribution in [2.24, 2.45) is 0 Å². The van der Waals surface area contributed by atoms with Gasteiger partial charge in [-0.05, 0) is 49.2 Å². The third-order valence-corrected chi connectivity index (χ3v) is 2.65. The van der Waals surface area contributed by atoms with Gasteiger partial charge in [-0.2, -0.15) is 0 Å². The van der Waals surface area contributed by atoms with E-state index in [0.29, 0.717) is 0 Å². The predicted molar refractivity (Wildman–Crippen MR) is 84.2 cm³/mol. The van der Waals surface area contributed by atoms with Crippen molar-refractivity contribution in [1.29, 1.82) is 0 Å². The summed E-state index contributed by atoms with van der Waals surface area (Å²) in [6.45, 7) is -7.17. The van der Waals surface area contributed by atoms with Gasteiger partial charge in [-0.25, -0.2) is 4.39 Å². The summed E-state index contributed by atoms with van der Waals surface area (Å²) in [7, 11) is 0. The van der Waals surface area contributed by atoms with E-state index in [0.717, 1.165) is 19.1 Å². The molecule has 0 unspecified atom stereocenters. The van der Waals surface area contributed by atoms with Gasteiger partial charge in [-0.15, -0.1) is 0 Å². The van der Waals surface area contributed by atoms with Crippen molar-refractivity contribution < 1.29 is 24.9 Å². The lowest BCUT2D eigenvalue weighted by molar-refractivity contribution is -0.118. The molecule has 2 aromatic carbocycles. The van der Waals surface area contributed by atoms with Crippen LogP contribution in [0.25, 0.3) is 0 Å². The average Bonchev–Trinajstić information content (AvgIpc) is 2.60. The van der Waals surface area contributed by atoms with Crippen LogP contribution in [-0.4, -0.2) is 11.8 Å². The number of ether oxygens (including phenoxy) is 1. The van der Waals surface area contributed by atoms with Gasteiger partial charge in [-0.1, -0.05) is 24.3 Å². The molecule has 0 radical (unpaired) electrons. The number of hydrogen-bond acceptors (Lipinski definition) is 3. The molecule has 1 N–H and O–H groups in total. The summed E-state index contributed by atoms with van der Waals surface area (Å²) in [5.41, 5.74) is -0.162. The van der Waals surface area contributed by atoms with E-state index in [-0.39, 0.29) is 16.9 Å². The number of hydrogen-bond donors (Lipinski definition) is 1. The zero-order valence-corrected chi connectivity index (χ0v) is 11.8. The summed E-state index contributed by atoms with van der Waals surface area (Å²) >= 11 is 0. The number of carbonyl (C=O) groups is 1. The van der Waals surface area contributed by atoms with Crippen LogP contribution in [0.1, 0.15) is 35.9 Å². The van der Waals surface area contributed by atoms with E-state index < -0.39 is 37.5 Å². The first kappa shape index (κ1) is 8.44. The molecule has 3 nitrogen and oxygen atoms in total. The van der Waals surface area contributed by atoms with Crippen LogP contribution in [0, 0.1) is 5.82 Å². The molecule has 0 aliphatic rings. The summed E-state index contributed by atoms with van der Waals surface area (Å²) in [4.78, 5) is 11.7. The van der Waals surface area contributed by atoms with Gasteiger partial charge >= 0.3 is 0 Å². The fourth-order valence-corrected chi connectivity index (χ4v) is 1.50. The van der Waals surface area contributed by atoms with Crippen LogP contribution in [0.2, 0.25) is 0 Å². The van der Waals surface area contributed by atoms with Gasteiger partial charge < -0.3 is 10.1 Å². The largest absolute Gasteiger partial charge is 0.489 e. The number of rotatable bonds is 7. The number of ketones is 1. The lowest BCUT2D eigenvalue weighted by atomic mass is 10.2. The average molecular weight is 309 g/mol. The Labute approximate surface area is 141 Å². The summed E-state index contributed by atoms with van der Waals surface area (Å²) in [6, 6.07) is 6.85. The van der Waals surface area contributed by atoms with Crippen LogP contribution in [-0.2, 0) is 17.9 Å². The Kier molecular flexibility index (Phi) is 2.96. The van der Waals surface area contributed by atoms with Crippen molar-refractivity contribution in [1.82, 2.24) is 5.32 Å². The monoisotopic (exact) mass is 309 g/mol. The minimum Gasteiger partial charge on any atom is -0.489 e. The number of carbonyl (C=O) groups excluding carboxylic acids is 1. The normalized spacial score (nSPS) is 20.6. The smallest absolute Gasteiger partial charge is 0.146 e. The van der Waals surface area contributed by atoms with E-state index in [1.165, 1.54) is 36.4 Å². The molecule has 0 fully saturated rings. The van der Waals surface area contributed by atoms with E-state index >= 15 is 0 Å². The van der Waals surface area contributed by atoms with Gasteiger partial charge in [0, 0.05) is 13.4 Å². The molecular weight excluding hydrogens is 281 g/mol. The highest BCUT2D eigenvalue weighted by atomic mass is 19.1. The Balaban J connectivity index is 2.24. The maximum absolute atomic E-state index is 13.3. The van der Waals surface area contributed by atoms with Crippen LogP contribution in [0.5, 0.6) is 5.75 Å². The summed E-state index contributed by atoms with van der Waals surface area (Å²) in [6.07, 6.45) is 0. The van der Waals surface area contributed by atoms with Crippen LogP contribution in [0.4, 0.5) is 4.39 Å². The fourth-order valence-electron chi connectivity index (χ4n) is 1.50. The molecule has 0 saturated carbocycles. The summed E-state index contributed by atoms with van der Waals surface area (Å²) in [5, 5.41) is 1.96. The minimum absolute atomic E-state index is 0.00309. The Morgan fingerprint density at radius 2 is 2.14 bits per heavy atom. The second-order valence-corrected chi connectivity index (χ2v) is 4.42. The SMILES string of the molecule is [2H]C([2H])(N[C@]([2H])(C(C)=O)C([2H])([2H])[2H])c1ccc(OC([2H])([2H])c2cccc(F)c2)cc1. The zero-order chi connectivity index (χ0) is 23.0. The first-order valence-corrected chi connectivity index (χ1v) is 6.44. The van der Waals surface area contributed by atoms with Gasteiger partial charge in [0.15, 0.2) is 0 Å². The molecule has 0 saturated heterocycles. The molecule has 0 amide bonds. The molecule has 1 atom stereocenters. The van der Waals surface area contributed by atoms with Crippen molar-refractivity contribution >= 4 is 5.78 Å². The van der Waals surface area contributed by atoms with Crippen LogP contribution >= 0.6 is 0 Å². The molecule has 2 rings (SSSR count). The Morgan fingerprint density at radius 1 is 1.36 bits per heavy atom. The van der Waals surface area contributed by atoms with Crippen LogP contribution in [0.3, 0.4) is 0 Å². The molecule has 2 aromatic rings. The molecule has 0 aromatic heterocycles. The summed E-state index contributed by atoms with van der Waals surface area (Å²) in [5.74, 6) is -1.70. The maximum Gasteiger partial charge on any atom is 0.146 e. The molecular formula is C18H20FNO2. The highest BCUT2D eigenvalue weighted by molar-refractivity contribution is 5.80. The molecule has 0 aliphatic heterocycles. The zero-order valence-electron chi connectivity index (χ0n) is 19.8. The second kappa shape index (κ2) is 7.71. The van der Waals surface area contributed by atoms with Crippen molar-refractivity contribution in [2.45, 2.75) is 32.8 Å². The van der Waals surface area contributed by atoms with Gasteiger partial charge in [0.1, 0.15) is 23.9 Å². The van der Waals surface area contributed by atoms with Gasteiger partial charge in [-0.3, -0.25) is 4.79 Å². The van der Waals surface area contributed by atoms with Crippen LogP contribution < -0.4 is 10.1 Å². The lowest BCUT2D eigenvalue weighted by Crippen LogP contribution is -2.31. The number of nitrogens with one attached hydrogen (secondary N) is 1. The standard InChI is InChI=1S/C18H20FNO2/c1-13(14(2)21)20-11-15-6-8-18(9-7-15)22-12-16-4-3-5-17(19)10-16/h3-10,13,20H,11-12H2,1-2H3/t13-/m0/s1/i1D3,11D2,12D2,13D. The maximum atomic E-state index is 13.3. The van der Waals surface area contributed by atoms with Crippen molar-refractivity contribution in [3.63, 3.8) is 0 Å². The molecule has 0 spiro atoms. The number of benzene rings is 2. The molecule has 22 heavy (non-hydrogen) atoms. The Hall–Kier alpha value is -2.20. The topological polar surface area (TPSA) is 38.3 Å². The van der Waals surface area contributed by atoms with Gasteiger partial charge in [0.2, 0.25) is 0 Å². The van der Waals surface area contributed by atoms with Gasteiger partial charge in [0.05, 0.1) is 10.1 Å². The van der Waals surface area contributed by atoms with Crippen molar-refractivity contribution in [3.05, 3.63) is 65.5 Å². The summed E-state index contributed by atoms with van der Waals surface area (Å²) < 4.78 is 80.8. The quantitative estimate of drug-likeness (QED) is 0.851. The molecule has 0 aliphatic carbocycles. The second-order valence-electron chi connectivity index (χ2n) is 4.42. The minimum atomic E-state index is -3.11. The van der Waals surface area contributed by atoms with Crippen LogP contribution in [0.15, 0.2) is 48.5 Å². The predicted octanol–water partition coefficient (Wildman–Crippen LogP) is 3.47. The highest BCUT2D eigenvalue weighted by Gasteiger charge is 2.06. The number of Topliss-reactive ketones (excluding diaryl/α,β-unsaturated/α-hetero) is 1. The third kappa shape index (κ3) is 4.97. The third-order valence-electron chi connectivity index (χ3n) is 2.65. The van der Waals surface area contributed by atoms with Crippen molar-refractivity contribution in [3.8, 4) is 5.75 Å². The van der Waals surface area contributed by atoms with Gasteiger partial charge in [0.25, 0.3) is 0 Å². The molecule has 0 bridgehead atoms. The fraction of sp³-hybridized carbons (Fsp3) is 0.278. The van der Waals surface area contributed by atoms with E-state index in [9.17, 15) is 9.18 Å². The highest BCUT2D eigenvalue weighted by Crippen LogP contribution is 2.15. The van der Waals surface area contributed by atoms with E-state index in [1.807, 2.05) is 5.32 Å². The molecule has 4 heteroatoms. The first-order valence-electron chi connectivity index (χ1n) is 10.4. The van der Waals surface area contributed by atoms with E-state index in [2.05, 4.69) is 0 Å². The Bertz CT molecular complexity index is 917. The molecule has 0 heterocycles. The van der Waals surface area contributed by atoms with E-state index in [1.54, 1.807) is 0 Å². The number of halogens is 1. The van der Waals surface area contributed by atoms with Crippen molar-refractivity contribution in [2.75, 3.05) is 0 Å². The van der Waals surface area contributed by atoms with E-state index in [4.69, 9.17) is 15.7 Å². The molecule has 116 valence electrons. The first-order chi connectivity index (χ1) is 13.6.